The Morgan fingerprint density at radius 1 is 1.37 bits per heavy atom. The second kappa shape index (κ2) is 5.83. The second-order valence-electron chi connectivity index (χ2n) is 4.84. The van der Waals surface area contributed by atoms with Gasteiger partial charge >= 0.3 is 0 Å². The molecule has 0 spiro atoms. The summed E-state index contributed by atoms with van der Waals surface area (Å²) in [7, 11) is 0. The van der Waals surface area contributed by atoms with E-state index in [4.69, 9.17) is 10.4 Å². The van der Waals surface area contributed by atoms with E-state index < -0.39 is 6.10 Å². The third-order valence-electron chi connectivity index (χ3n) is 3.50. The van der Waals surface area contributed by atoms with Crippen LogP contribution in [0.15, 0.2) is 24.3 Å². The number of hydrogen-bond donors (Lipinski definition) is 3. The molecule has 0 heterocycles. The van der Waals surface area contributed by atoms with Gasteiger partial charge in [0.1, 0.15) is 0 Å². The molecule has 1 aromatic rings. The first-order valence-electron chi connectivity index (χ1n) is 6.24. The average molecular weight is 260 g/mol. The van der Waals surface area contributed by atoms with Gasteiger partial charge in [-0.2, -0.15) is 5.26 Å². The maximum absolute atomic E-state index is 12.0. The van der Waals surface area contributed by atoms with E-state index in [1.54, 1.807) is 24.3 Å². The fourth-order valence-corrected chi connectivity index (χ4v) is 2.38. The van der Waals surface area contributed by atoms with Crippen molar-refractivity contribution in [3.05, 3.63) is 35.4 Å². The fourth-order valence-electron chi connectivity index (χ4n) is 2.38. The highest BCUT2D eigenvalue weighted by Crippen LogP contribution is 2.25. The highest BCUT2D eigenvalue weighted by Gasteiger charge is 2.33. The Balaban J connectivity index is 1.96. The number of nitriles is 1. The number of amides is 1. The van der Waals surface area contributed by atoms with Crippen LogP contribution in [-0.4, -0.2) is 34.9 Å². The number of carbonyl (C=O) groups is 1. The molecule has 1 saturated carbocycles. The molecule has 3 atom stereocenters. The third kappa shape index (κ3) is 3.11. The smallest absolute Gasteiger partial charge is 0.251 e. The van der Waals surface area contributed by atoms with Crippen LogP contribution >= 0.6 is 0 Å². The predicted molar refractivity (Wildman–Crippen MR) is 68.2 cm³/mol. The largest absolute Gasteiger partial charge is 0.396 e. The zero-order chi connectivity index (χ0) is 13.8. The molecule has 1 amide bonds. The summed E-state index contributed by atoms with van der Waals surface area (Å²) in [5.41, 5.74) is 0.995. The molecule has 1 aliphatic carbocycles. The maximum Gasteiger partial charge on any atom is 0.251 e. The van der Waals surface area contributed by atoms with Crippen LogP contribution in [0.2, 0.25) is 0 Å². The first-order valence-corrected chi connectivity index (χ1v) is 6.24. The molecule has 100 valence electrons. The van der Waals surface area contributed by atoms with Gasteiger partial charge in [-0.25, -0.2) is 0 Å². The summed E-state index contributed by atoms with van der Waals surface area (Å²) >= 11 is 0. The lowest BCUT2D eigenvalue weighted by molar-refractivity contribution is 0.0903. The molecule has 1 aliphatic rings. The minimum absolute atomic E-state index is 0.0651. The molecule has 0 bridgehead atoms. The number of rotatable bonds is 3. The van der Waals surface area contributed by atoms with E-state index in [0.29, 0.717) is 24.0 Å². The van der Waals surface area contributed by atoms with Gasteiger partial charge in [0.25, 0.3) is 5.91 Å². The molecule has 0 unspecified atom stereocenters. The molecule has 0 saturated heterocycles. The summed E-state index contributed by atoms with van der Waals surface area (Å²) in [6.45, 7) is -0.0651. The SMILES string of the molecule is N#Cc1ccc(C(=O)N[C@@H]2C[C@@H](CO)[C@H](O)C2)cc1. The van der Waals surface area contributed by atoms with Gasteiger partial charge < -0.3 is 15.5 Å². The van der Waals surface area contributed by atoms with Crippen LogP contribution < -0.4 is 5.32 Å². The quantitative estimate of drug-likeness (QED) is 0.734. The maximum atomic E-state index is 12.0. The second-order valence-corrected chi connectivity index (χ2v) is 4.84. The van der Waals surface area contributed by atoms with Gasteiger partial charge in [0.05, 0.1) is 17.7 Å². The summed E-state index contributed by atoms with van der Waals surface area (Å²) in [5.74, 6) is -0.383. The average Bonchev–Trinajstić information content (AvgIpc) is 2.78. The fraction of sp³-hybridized carbons (Fsp3) is 0.429. The molecule has 5 heteroatoms. The van der Waals surface area contributed by atoms with Gasteiger partial charge in [0, 0.05) is 24.1 Å². The van der Waals surface area contributed by atoms with Crippen molar-refractivity contribution in [2.24, 2.45) is 5.92 Å². The summed E-state index contributed by atoms with van der Waals surface area (Å²) in [6.07, 6.45) is 0.490. The lowest BCUT2D eigenvalue weighted by atomic mass is 10.1. The summed E-state index contributed by atoms with van der Waals surface area (Å²) < 4.78 is 0. The minimum Gasteiger partial charge on any atom is -0.396 e. The van der Waals surface area contributed by atoms with Gasteiger partial charge in [-0.15, -0.1) is 0 Å². The molecule has 2 rings (SSSR count). The van der Waals surface area contributed by atoms with Crippen molar-refractivity contribution in [3.63, 3.8) is 0 Å². The van der Waals surface area contributed by atoms with Crippen molar-refractivity contribution in [2.45, 2.75) is 25.0 Å². The molecular formula is C14H16N2O3. The van der Waals surface area contributed by atoms with Crippen molar-refractivity contribution in [1.82, 2.24) is 5.32 Å². The Morgan fingerprint density at radius 2 is 2.05 bits per heavy atom. The van der Waals surface area contributed by atoms with Crippen LogP contribution in [0.25, 0.3) is 0 Å². The van der Waals surface area contributed by atoms with Gasteiger partial charge in [-0.05, 0) is 37.1 Å². The molecule has 0 aliphatic heterocycles. The van der Waals surface area contributed by atoms with Crippen molar-refractivity contribution < 1.29 is 15.0 Å². The van der Waals surface area contributed by atoms with E-state index >= 15 is 0 Å². The van der Waals surface area contributed by atoms with Gasteiger partial charge in [-0.3, -0.25) is 4.79 Å². The Morgan fingerprint density at radius 3 is 2.58 bits per heavy atom. The number of hydrogen-bond acceptors (Lipinski definition) is 4. The molecule has 5 nitrogen and oxygen atoms in total. The third-order valence-corrected chi connectivity index (χ3v) is 3.50. The van der Waals surface area contributed by atoms with Gasteiger partial charge in [0.15, 0.2) is 0 Å². The van der Waals surface area contributed by atoms with Crippen molar-refractivity contribution in [3.8, 4) is 6.07 Å². The van der Waals surface area contributed by atoms with Gasteiger partial charge in [0.2, 0.25) is 0 Å². The van der Waals surface area contributed by atoms with E-state index in [1.807, 2.05) is 6.07 Å². The first-order chi connectivity index (χ1) is 9.13. The van der Waals surface area contributed by atoms with Crippen LogP contribution in [0.5, 0.6) is 0 Å². The zero-order valence-corrected chi connectivity index (χ0v) is 10.4. The van der Waals surface area contributed by atoms with Crippen LogP contribution in [0.1, 0.15) is 28.8 Å². The highest BCUT2D eigenvalue weighted by atomic mass is 16.3. The topological polar surface area (TPSA) is 93.4 Å². The number of carbonyl (C=O) groups excluding carboxylic acids is 1. The number of aliphatic hydroxyl groups is 2. The predicted octanol–water partition coefficient (Wildman–Crippen LogP) is 0.420. The zero-order valence-electron chi connectivity index (χ0n) is 10.4. The van der Waals surface area contributed by atoms with Crippen LogP contribution in [0, 0.1) is 17.2 Å². The molecule has 0 aromatic heterocycles. The standard InChI is InChI=1S/C14H16N2O3/c15-7-9-1-3-10(4-2-9)14(19)16-12-5-11(8-17)13(18)6-12/h1-4,11-13,17-18H,5-6,8H2,(H,16,19)/t11-,12+,13+/m0/s1. The molecule has 19 heavy (non-hydrogen) atoms. The van der Waals surface area contributed by atoms with Crippen LogP contribution in [0.3, 0.4) is 0 Å². The lowest BCUT2D eigenvalue weighted by Crippen LogP contribution is -2.33. The number of aliphatic hydroxyl groups excluding tert-OH is 2. The van der Waals surface area contributed by atoms with Crippen molar-refractivity contribution in [1.29, 1.82) is 5.26 Å². The summed E-state index contributed by atoms with van der Waals surface area (Å²) in [4.78, 5) is 12.0. The number of benzene rings is 1. The van der Waals surface area contributed by atoms with Crippen molar-refractivity contribution in [2.75, 3.05) is 6.61 Å². The lowest BCUT2D eigenvalue weighted by Gasteiger charge is -2.12. The molecule has 3 N–H and O–H groups in total. The van der Waals surface area contributed by atoms with Gasteiger partial charge in [-0.1, -0.05) is 0 Å². The molecule has 1 aromatic carbocycles. The monoisotopic (exact) mass is 260 g/mol. The number of nitrogens with one attached hydrogen (secondary N) is 1. The van der Waals surface area contributed by atoms with E-state index in [-0.39, 0.29) is 24.5 Å². The van der Waals surface area contributed by atoms with Crippen molar-refractivity contribution >= 4 is 5.91 Å². The molecule has 1 fully saturated rings. The Labute approximate surface area is 111 Å². The van der Waals surface area contributed by atoms with E-state index in [2.05, 4.69) is 5.32 Å². The van der Waals surface area contributed by atoms with Crippen LogP contribution in [0.4, 0.5) is 0 Å². The Bertz CT molecular complexity index is 492. The molecular weight excluding hydrogens is 244 g/mol. The Hall–Kier alpha value is -1.90. The summed E-state index contributed by atoms with van der Waals surface area (Å²) in [5, 5.41) is 30.2. The minimum atomic E-state index is -0.559. The van der Waals surface area contributed by atoms with E-state index in [0.717, 1.165) is 0 Å². The van der Waals surface area contributed by atoms with E-state index in [9.17, 15) is 9.90 Å². The van der Waals surface area contributed by atoms with E-state index in [1.165, 1.54) is 0 Å². The normalized spacial score (nSPS) is 25.8. The highest BCUT2D eigenvalue weighted by molar-refractivity contribution is 5.94. The summed E-state index contributed by atoms with van der Waals surface area (Å²) in [6, 6.07) is 8.26. The number of nitrogens with zero attached hydrogens (tertiary/aromatic N) is 1. The Kier molecular flexibility index (Phi) is 4.15. The van der Waals surface area contributed by atoms with Crippen LogP contribution in [-0.2, 0) is 0 Å². The molecule has 0 radical (unpaired) electrons. The first kappa shape index (κ1) is 13.5.